The third kappa shape index (κ3) is 7.27. The second-order valence-electron chi connectivity index (χ2n) is 2.40. The van der Waals surface area contributed by atoms with Crippen molar-refractivity contribution in [1.29, 1.82) is 0 Å². The van der Waals surface area contributed by atoms with E-state index in [4.69, 9.17) is 5.73 Å². The first-order valence-electron chi connectivity index (χ1n) is 3.92. The van der Waals surface area contributed by atoms with E-state index in [1.165, 1.54) is 0 Å². The summed E-state index contributed by atoms with van der Waals surface area (Å²) in [7, 11) is 0. The van der Waals surface area contributed by atoms with Crippen molar-refractivity contribution in [2.75, 3.05) is 0 Å². The van der Waals surface area contributed by atoms with E-state index >= 15 is 0 Å². The number of thiocarbonyl (C=S) groups is 1. The number of hydrogen-bond acceptors (Lipinski definition) is 3. The summed E-state index contributed by atoms with van der Waals surface area (Å²) in [4.78, 5) is 15.3. The molecule has 0 bridgehead atoms. The quantitative estimate of drug-likeness (QED) is 0.391. The van der Waals surface area contributed by atoms with E-state index < -0.39 is 0 Å². The van der Waals surface area contributed by atoms with Crippen LogP contribution in [-0.2, 0) is 9.63 Å². The number of hydrogen-bond donors (Lipinski definition) is 2. The molecule has 0 aromatic rings. The smallest absolute Gasteiger partial charge is 0.332 e. The van der Waals surface area contributed by atoms with Gasteiger partial charge in [-0.2, -0.15) is 5.48 Å². The molecule has 0 amide bonds. The molecule has 5 heteroatoms. The Bertz CT molecular complexity index is 161. The maximum Gasteiger partial charge on any atom is 0.332 e. The average Bonchev–Trinajstić information content (AvgIpc) is 2.01. The van der Waals surface area contributed by atoms with Crippen molar-refractivity contribution >= 4 is 23.3 Å². The molecule has 0 aliphatic heterocycles. The third-order valence-corrected chi connectivity index (χ3v) is 1.33. The van der Waals surface area contributed by atoms with Gasteiger partial charge in [0.05, 0.1) is 0 Å². The lowest BCUT2D eigenvalue weighted by atomic mass is 10.2. The zero-order valence-electron chi connectivity index (χ0n) is 7.13. The average molecular weight is 190 g/mol. The number of unbranched alkanes of at least 4 members (excludes halogenated alkanes) is 2. The molecule has 4 nitrogen and oxygen atoms in total. The topological polar surface area (TPSA) is 64.3 Å². The van der Waals surface area contributed by atoms with Gasteiger partial charge < -0.3 is 10.6 Å². The monoisotopic (exact) mass is 190 g/mol. The minimum absolute atomic E-state index is 0.0289. The first kappa shape index (κ1) is 11.2. The van der Waals surface area contributed by atoms with Crippen LogP contribution in [0, 0.1) is 0 Å². The van der Waals surface area contributed by atoms with Crippen LogP contribution in [0.2, 0.25) is 0 Å². The normalized spacial score (nSPS) is 9.08. The van der Waals surface area contributed by atoms with Gasteiger partial charge in [0.25, 0.3) is 0 Å². The van der Waals surface area contributed by atoms with E-state index in [0.717, 1.165) is 19.3 Å². The lowest BCUT2D eigenvalue weighted by Gasteiger charge is -2.03. The van der Waals surface area contributed by atoms with Crippen LogP contribution in [-0.4, -0.2) is 11.1 Å². The summed E-state index contributed by atoms with van der Waals surface area (Å²) < 4.78 is 0. The summed E-state index contributed by atoms with van der Waals surface area (Å²) in [6.07, 6.45) is 3.36. The van der Waals surface area contributed by atoms with Crippen molar-refractivity contribution in [1.82, 2.24) is 5.48 Å². The molecule has 0 unspecified atom stereocenters. The lowest BCUT2D eigenvalue weighted by Crippen LogP contribution is -2.31. The van der Waals surface area contributed by atoms with E-state index in [2.05, 4.69) is 29.5 Å². The highest BCUT2D eigenvalue weighted by atomic mass is 32.1. The van der Waals surface area contributed by atoms with Crippen LogP contribution in [0.3, 0.4) is 0 Å². The molecule has 0 heterocycles. The Labute approximate surface area is 77.4 Å². The Morgan fingerprint density at radius 1 is 1.58 bits per heavy atom. The van der Waals surface area contributed by atoms with E-state index in [1.54, 1.807) is 0 Å². The Morgan fingerprint density at radius 2 is 2.25 bits per heavy atom. The first-order chi connectivity index (χ1) is 5.66. The van der Waals surface area contributed by atoms with Gasteiger partial charge in [-0.15, -0.1) is 0 Å². The van der Waals surface area contributed by atoms with Gasteiger partial charge >= 0.3 is 5.97 Å². The molecule has 3 N–H and O–H groups in total. The summed E-state index contributed by atoms with van der Waals surface area (Å²) in [6.45, 7) is 2.07. The van der Waals surface area contributed by atoms with E-state index in [1.807, 2.05) is 0 Å². The SMILES string of the molecule is CCCCCC(=O)ONC(N)=S. The molecule has 0 aliphatic carbocycles. The highest BCUT2D eigenvalue weighted by Gasteiger charge is 2.01. The van der Waals surface area contributed by atoms with Crippen LogP contribution in [0.15, 0.2) is 0 Å². The van der Waals surface area contributed by atoms with Crippen LogP contribution in [0.25, 0.3) is 0 Å². The predicted octanol–water partition coefficient (Wildman–Crippen LogP) is 0.858. The maximum atomic E-state index is 10.8. The maximum absolute atomic E-state index is 10.8. The highest BCUT2D eigenvalue weighted by molar-refractivity contribution is 7.80. The van der Waals surface area contributed by atoms with Crippen LogP contribution in [0.5, 0.6) is 0 Å². The molecule has 0 rings (SSSR count). The van der Waals surface area contributed by atoms with Crippen LogP contribution in [0.4, 0.5) is 0 Å². The van der Waals surface area contributed by atoms with Gasteiger partial charge in [0.15, 0.2) is 5.11 Å². The predicted molar refractivity (Wildman–Crippen MR) is 50.2 cm³/mol. The Hall–Kier alpha value is -0.840. The Balaban J connectivity index is 3.28. The van der Waals surface area contributed by atoms with E-state index in [0.29, 0.717) is 6.42 Å². The molecule has 0 saturated heterocycles. The molecule has 0 saturated carbocycles. The van der Waals surface area contributed by atoms with Crippen molar-refractivity contribution in [2.24, 2.45) is 5.73 Å². The molecular weight excluding hydrogens is 176 g/mol. The van der Waals surface area contributed by atoms with Crippen molar-refractivity contribution in [2.45, 2.75) is 32.6 Å². The highest BCUT2D eigenvalue weighted by Crippen LogP contribution is 1.99. The van der Waals surface area contributed by atoms with Gasteiger partial charge in [0, 0.05) is 6.42 Å². The molecule has 12 heavy (non-hydrogen) atoms. The molecular formula is C7H14N2O2S. The van der Waals surface area contributed by atoms with Crippen LogP contribution in [0.1, 0.15) is 32.6 Å². The molecule has 0 aromatic heterocycles. The number of carbonyl (C=O) groups excluding carboxylic acids is 1. The summed E-state index contributed by atoms with van der Waals surface area (Å²) in [6, 6.07) is 0. The fourth-order valence-corrected chi connectivity index (χ4v) is 0.719. The summed E-state index contributed by atoms with van der Waals surface area (Å²) in [5.74, 6) is -0.323. The summed E-state index contributed by atoms with van der Waals surface area (Å²) in [5, 5.41) is -0.0289. The van der Waals surface area contributed by atoms with Gasteiger partial charge in [-0.3, -0.25) is 0 Å². The van der Waals surface area contributed by atoms with Crippen LogP contribution < -0.4 is 11.2 Å². The zero-order chi connectivity index (χ0) is 9.40. The fraction of sp³-hybridized carbons (Fsp3) is 0.714. The molecule has 0 radical (unpaired) electrons. The van der Waals surface area contributed by atoms with Crippen LogP contribution >= 0.6 is 12.2 Å². The number of carbonyl (C=O) groups is 1. The number of hydroxylamine groups is 1. The van der Waals surface area contributed by atoms with Crippen molar-refractivity contribution in [3.05, 3.63) is 0 Å². The van der Waals surface area contributed by atoms with Gasteiger partial charge in [0.2, 0.25) is 0 Å². The second kappa shape index (κ2) is 6.84. The molecule has 0 aromatic carbocycles. The standard InChI is InChI=1S/C7H14N2O2S/c1-2-3-4-5-6(10)11-9-7(8)12/h2-5H2,1H3,(H3,8,9,12). The number of nitrogens with one attached hydrogen (secondary N) is 1. The first-order valence-corrected chi connectivity index (χ1v) is 4.32. The zero-order valence-corrected chi connectivity index (χ0v) is 7.95. The van der Waals surface area contributed by atoms with E-state index in [9.17, 15) is 4.79 Å². The molecule has 70 valence electrons. The molecule has 0 atom stereocenters. The number of rotatable bonds is 4. The second-order valence-corrected chi connectivity index (χ2v) is 2.84. The van der Waals surface area contributed by atoms with Gasteiger partial charge in [-0.25, -0.2) is 4.79 Å². The number of nitrogens with two attached hydrogens (primary N) is 1. The van der Waals surface area contributed by atoms with Gasteiger partial charge in [-0.1, -0.05) is 19.8 Å². The summed E-state index contributed by atoms with van der Waals surface area (Å²) >= 11 is 4.44. The minimum Gasteiger partial charge on any atom is -0.374 e. The third-order valence-electron chi connectivity index (χ3n) is 1.25. The van der Waals surface area contributed by atoms with Crippen molar-refractivity contribution in [3.8, 4) is 0 Å². The van der Waals surface area contributed by atoms with Gasteiger partial charge in [0.1, 0.15) is 0 Å². The Morgan fingerprint density at radius 3 is 2.75 bits per heavy atom. The molecule has 0 fully saturated rings. The lowest BCUT2D eigenvalue weighted by molar-refractivity contribution is -0.147. The minimum atomic E-state index is -0.323. The van der Waals surface area contributed by atoms with Crippen molar-refractivity contribution in [3.63, 3.8) is 0 Å². The molecule has 0 spiro atoms. The van der Waals surface area contributed by atoms with Crippen molar-refractivity contribution < 1.29 is 9.63 Å². The molecule has 0 aliphatic rings. The summed E-state index contributed by atoms with van der Waals surface area (Å²) in [5.41, 5.74) is 7.17. The Kier molecular flexibility index (Phi) is 6.37. The van der Waals surface area contributed by atoms with Gasteiger partial charge in [-0.05, 0) is 18.6 Å². The largest absolute Gasteiger partial charge is 0.374 e. The van der Waals surface area contributed by atoms with E-state index in [-0.39, 0.29) is 11.1 Å². The fourth-order valence-electron chi connectivity index (χ4n) is 0.678.